The maximum Gasteiger partial charge on any atom is 0.229 e. The molecule has 29 heavy (non-hydrogen) atoms. The molecule has 0 bridgehead atoms. The molecule has 11 heteroatoms. The van der Waals surface area contributed by atoms with Gasteiger partial charge in [0.05, 0.1) is 10.8 Å². The van der Waals surface area contributed by atoms with E-state index in [0.29, 0.717) is 40.9 Å². The number of aromatic nitrogens is 6. The van der Waals surface area contributed by atoms with Crippen LogP contribution in [-0.2, 0) is 12.4 Å². The lowest BCUT2D eigenvalue weighted by Gasteiger charge is -2.12. The van der Waals surface area contributed by atoms with Gasteiger partial charge in [-0.25, -0.2) is 0 Å². The highest BCUT2D eigenvalue weighted by Crippen LogP contribution is 2.39. The van der Waals surface area contributed by atoms with Gasteiger partial charge in [0.15, 0.2) is 11.0 Å². The van der Waals surface area contributed by atoms with Gasteiger partial charge in [0.2, 0.25) is 11.9 Å². The Morgan fingerprint density at radius 2 is 2.00 bits per heavy atom. The summed E-state index contributed by atoms with van der Waals surface area (Å²) in [5.41, 5.74) is 5.81. The van der Waals surface area contributed by atoms with Crippen LogP contribution in [0.1, 0.15) is 30.5 Å². The first-order chi connectivity index (χ1) is 14.0. The largest absolute Gasteiger partial charge is 0.484 e. The molecular weight excluding hydrogens is 412 g/mol. The first-order valence-electron chi connectivity index (χ1n) is 9.13. The molecule has 2 aromatic heterocycles. The van der Waals surface area contributed by atoms with Crippen LogP contribution in [0, 0.1) is 0 Å². The van der Waals surface area contributed by atoms with Crippen LogP contribution in [0.15, 0.2) is 29.4 Å². The second-order valence-corrected chi connectivity index (χ2v) is 8.16. The van der Waals surface area contributed by atoms with E-state index >= 15 is 0 Å². The zero-order chi connectivity index (χ0) is 20.4. The molecule has 2 heterocycles. The van der Waals surface area contributed by atoms with Crippen LogP contribution in [-0.4, -0.2) is 43.8 Å². The SMILES string of the molecule is CN(C)c1nc(N)nc(CSc2nnc(COc3ccccc3Cl)n2C2CC2)n1. The Morgan fingerprint density at radius 3 is 2.72 bits per heavy atom. The molecule has 0 unspecified atom stereocenters. The molecule has 152 valence electrons. The van der Waals surface area contributed by atoms with Crippen molar-refractivity contribution >= 4 is 35.3 Å². The number of hydrogen-bond donors (Lipinski definition) is 1. The summed E-state index contributed by atoms with van der Waals surface area (Å²) in [6, 6.07) is 7.79. The van der Waals surface area contributed by atoms with E-state index in [2.05, 4.69) is 29.7 Å². The Hall–Kier alpha value is -2.59. The van der Waals surface area contributed by atoms with Gasteiger partial charge in [-0.15, -0.1) is 10.2 Å². The van der Waals surface area contributed by atoms with Crippen molar-refractivity contribution in [1.82, 2.24) is 29.7 Å². The van der Waals surface area contributed by atoms with Crippen molar-refractivity contribution in [3.05, 3.63) is 40.9 Å². The molecular formula is C18H21ClN8OS. The number of benzene rings is 1. The highest BCUT2D eigenvalue weighted by molar-refractivity contribution is 7.98. The fraction of sp³-hybridized carbons (Fsp3) is 0.389. The number of nitrogen functional groups attached to an aromatic ring is 1. The van der Waals surface area contributed by atoms with Crippen molar-refractivity contribution in [2.75, 3.05) is 24.7 Å². The second kappa shape index (κ2) is 8.42. The van der Waals surface area contributed by atoms with Gasteiger partial charge >= 0.3 is 0 Å². The number of hydrogen-bond acceptors (Lipinski definition) is 9. The smallest absolute Gasteiger partial charge is 0.229 e. The van der Waals surface area contributed by atoms with Crippen LogP contribution >= 0.6 is 23.4 Å². The molecule has 0 atom stereocenters. The van der Waals surface area contributed by atoms with E-state index in [1.54, 1.807) is 11.0 Å². The molecule has 1 aliphatic rings. The summed E-state index contributed by atoms with van der Waals surface area (Å²) < 4.78 is 7.99. The van der Waals surface area contributed by atoms with E-state index in [9.17, 15) is 0 Å². The summed E-state index contributed by atoms with van der Waals surface area (Å²) in [4.78, 5) is 14.6. The third kappa shape index (κ3) is 4.70. The number of nitrogens with two attached hydrogens (primary N) is 1. The average Bonchev–Trinajstić information content (AvgIpc) is 3.45. The first-order valence-corrected chi connectivity index (χ1v) is 10.5. The van der Waals surface area contributed by atoms with Crippen molar-refractivity contribution in [3.63, 3.8) is 0 Å². The molecule has 9 nitrogen and oxygen atoms in total. The summed E-state index contributed by atoms with van der Waals surface area (Å²) >= 11 is 7.70. The van der Waals surface area contributed by atoms with Gasteiger partial charge < -0.3 is 15.4 Å². The number of nitrogens with zero attached hydrogens (tertiary/aromatic N) is 7. The highest BCUT2D eigenvalue weighted by Gasteiger charge is 2.30. The minimum absolute atomic E-state index is 0.205. The van der Waals surface area contributed by atoms with E-state index in [1.165, 1.54) is 11.8 Å². The van der Waals surface area contributed by atoms with Gasteiger partial charge in [-0.05, 0) is 25.0 Å². The quantitative estimate of drug-likeness (QED) is 0.537. The third-order valence-corrected chi connectivity index (χ3v) is 5.51. The Morgan fingerprint density at radius 1 is 1.21 bits per heavy atom. The number of thioether (sulfide) groups is 1. The lowest BCUT2D eigenvalue weighted by Crippen LogP contribution is -2.16. The molecule has 3 aromatic rings. The van der Waals surface area contributed by atoms with Crippen LogP contribution in [0.3, 0.4) is 0 Å². The number of ether oxygens (including phenoxy) is 1. The van der Waals surface area contributed by atoms with Crippen LogP contribution in [0.2, 0.25) is 5.02 Å². The highest BCUT2D eigenvalue weighted by atomic mass is 35.5. The molecule has 1 aromatic carbocycles. The van der Waals surface area contributed by atoms with Gasteiger partial charge in [0.25, 0.3) is 0 Å². The maximum absolute atomic E-state index is 6.17. The summed E-state index contributed by atoms with van der Waals surface area (Å²) in [6.45, 7) is 0.303. The minimum atomic E-state index is 0.205. The van der Waals surface area contributed by atoms with Gasteiger partial charge in [-0.1, -0.05) is 35.5 Å². The topological polar surface area (TPSA) is 108 Å². The van der Waals surface area contributed by atoms with E-state index < -0.39 is 0 Å². The van der Waals surface area contributed by atoms with Crippen LogP contribution in [0.4, 0.5) is 11.9 Å². The number of rotatable bonds is 8. The van der Waals surface area contributed by atoms with Gasteiger partial charge in [0, 0.05) is 20.1 Å². The second-order valence-electron chi connectivity index (χ2n) is 6.81. The van der Waals surface area contributed by atoms with E-state index in [4.69, 9.17) is 22.1 Å². The minimum Gasteiger partial charge on any atom is -0.484 e. The standard InChI is InChI=1S/C18H21ClN8OS/c1-26(2)17-22-14(21-16(20)23-17)10-29-18-25-24-15(27(18)11-7-8-11)9-28-13-6-4-3-5-12(13)19/h3-6,11H,7-10H2,1-2H3,(H2,20,21,22,23). The van der Waals surface area contributed by atoms with Crippen molar-refractivity contribution in [2.45, 2.75) is 36.4 Å². The molecule has 0 radical (unpaired) electrons. The molecule has 0 aliphatic heterocycles. The summed E-state index contributed by atoms with van der Waals surface area (Å²) in [5, 5.41) is 10.1. The van der Waals surface area contributed by atoms with Gasteiger partial charge in [0.1, 0.15) is 18.2 Å². The van der Waals surface area contributed by atoms with Crippen LogP contribution < -0.4 is 15.4 Å². The first kappa shape index (κ1) is 19.7. The molecule has 0 spiro atoms. The summed E-state index contributed by atoms with van der Waals surface area (Å²) in [5.74, 6) is 3.27. The Bertz CT molecular complexity index is 1010. The van der Waals surface area contributed by atoms with Crippen molar-refractivity contribution in [1.29, 1.82) is 0 Å². The Balaban J connectivity index is 1.48. The molecule has 2 N–H and O–H groups in total. The third-order valence-electron chi connectivity index (χ3n) is 4.26. The fourth-order valence-corrected chi connectivity index (χ4v) is 3.80. The van der Waals surface area contributed by atoms with Gasteiger partial charge in [-0.3, -0.25) is 4.57 Å². The van der Waals surface area contributed by atoms with Crippen LogP contribution in [0.25, 0.3) is 0 Å². The molecule has 1 aliphatic carbocycles. The van der Waals surface area contributed by atoms with Crippen molar-refractivity contribution in [3.8, 4) is 5.75 Å². The monoisotopic (exact) mass is 432 g/mol. The normalized spacial score (nSPS) is 13.5. The van der Waals surface area contributed by atoms with Crippen molar-refractivity contribution in [2.24, 2.45) is 0 Å². The predicted octanol–water partition coefficient (Wildman–Crippen LogP) is 2.97. The molecule has 1 fully saturated rings. The summed E-state index contributed by atoms with van der Waals surface area (Å²) in [6.07, 6.45) is 2.21. The number of para-hydroxylation sites is 1. The molecule has 1 saturated carbocycles. The van der Waals surface area contributed by atoms with Gasteiger partial charge in [-0.2, -0.15) is 15.0 Å². The Labute approximate surface area is 177 Å². The van der Waals surface area contributed by atoms with Crippen molar-refractivity contribution < 1.29 is 4.74 Å². The Kier molecular flexibility index (Phi) is 5.72. The predicted molar refractivity (Wildman–Crippen MR) is 112 cm³/mol. The zero-order valence-electron chi connectivity index (χ0n) is 16.1. The number of halogens is 1. The zero-order valence-corrected chi connectivity index (χ0v) is 17.7. The lowest BCUT2D eigenvalue weighted by molar-refractivity contribution is 0.288. The fourth-order valence-electron chi connectivity index (χ4n) is 2.73. The number of anilines is 2. The maximum atomic E-state index is 6.17. The summed E-state index contributed by atoms with van der Waals surface area (Å²) in [7, 11) is 3.72. The van der Waals surface area contributed by atoms with E-state index in [1.807, 2.05) is 32.3 Å². The molecule has 4 rings (SSSR count). The lowest BCUT2D eigenvalue weighted by atomic mass is 10.3. The molecule has 0 amide bonds. The van der Waals surface area contributed by atoms with Crippen LogP contribution in [0.5, 0.6) is 5.75 Å². The van der Waals surface area contributed by atoms with E-state index in [-0.39, 0.29) is 5.95 Å². The molecule has 0 saturated heterocycles. The average molecular weight is 433 g/mol. The van der Waals surface area contributed by atoms with E-state index in [0.717, 1.165) is 23.8 Å².